The highest BCUT2D eigenvalue weighted by Gasteiger charge is 2.29. The van der Waals surface area contributed by atoms with Gasteiger partial charge in [0.15, 0.2) is 12.2 Å². The first-order chi connectivity index (χ1) is 14.2. The Morgan fingerprint density at radius 1 is 1.03 bits per heavy atom. The minimum absolute atomic E-state index is 0.223. The van der Waals surface area contributed by atoms with Crippen molar-refractivity contribution in [2.75, 3.05) is 6.54 Å². The third-order valence-corrected chi connectivity index (χ3v) is 5.19. The lowest BCUT2D eigenvalue weighted by Crippen LogP contribution is -2.39. The summed E-state index contributed by atoms with van der Waals surface area (Å²) in [6.45, 7) is 0.636. The lowest BCUT2D eigenvalue weighted by molar-refractivity contribution is -0.165. The van der Waals surface area contributed by atoms with Crippen LogP contribution in [-0.2, 0) is 16.0 Å². The summed E-state index contributed by atoms with van der Waals surface area (Å²) >= 11 is 1.69. The first-order valence-electron chi connectivity index (χ1n) is 8.78. The number of aliphatic carboxylic acids is 2. The van der Waals surface area contributed by atoms with E-state index in [1.807, 2.05) is 24.4 Å². The maximum atomic E-state index is 13.2. The maximum absolute atomic E-state index is 13.2. The van der Waals surface area contributed by atoms with E-state index in [2.05, 4.69) is 17.1 Å². The molecule has 10 heteroatoms. The van der Waals surface area contributed by atoms with Gasteiger partial charge >= 0.3 is 11.9 Å². The summed E-state index contributed by atoms with van der Waals surface area (Å²) in [5.74, 6) is -3.76. The number of hydrogen-bond donors (Lipinski definition) is 6. The Bertz CT molecular complexity index is 1010. The van der Waals surface area contributed by atoms with Crippen molar-refractivity contribution in [1.82, 2.24) is 4.98 Å². The molecule has 2 atom stereocenters. The van der Waals surface area contributed by atoms with Gasteiger partial charge in [-0.25, -0.2) is 14.0 Å². The number of aliphatic hydroxyl groups is 2. The standard InChI is InChI=1S/C16H15FN2S.C4H6O6/c17-12-5-6-13-14(9-12)19-10-16(13)20-15-4-2-1-3-11(15)7-8-18;5-1(3(7)8)2(6)4(9)10/h1-6,9-10,19H,7-8,18H2;1-2,5-6H,(H,7,8)(H,9,10). The van der Waals surface area contributed by atoms with E-state index in [9.17, 15) is 14.0 Å². The van der Waals surface area contributed by atoms with Crippen LogP contribution in [0.15, 0.2) is 58.5 Å². The van der Waals surface area contributed by atoms with E-state index in [4.69, 9.17) is 26.2 Å². The zero-order chi connectivity index (χ0) is 22.3. The molecule has 0 aliphatic carbocycles. The average Bonchev–Trinajstić information content (AvgIpc) is 3.10. The first-order valence-corrected chi connectivity index (χ1v) is 9.60. The Balaban J connectivity index is 0.000000274. The lowest BCUT2D eigenvalue weighted by Gasteiger charge is -2.07. The van der Waals surface area contributed by atoms with Crippen LogP contribution in [0.25, 0.3) is 10.9 Å². The molecule has 1 aromatic heterocycles. The number of rotatable bonds is 7. The van der Waals surface area contributed by atoms with Crippen LogP contribution in [0.5, 0.6) is 0 Å². The van der Waals surface area contributed by atoms with Gasteiger partial charge in [-0.05, 0) is 42.8 Å². The van der Waals surface area contributed by atoms with Crippen LogP contribution in [0.1, 0.15) is 5.56 Å². The van der Waals surface area contributed by atoms with Gasteiger partial charge in [-0.2, -0.15) is 0 Å². The third kappa shape index (κ3) is 6.04. The van der Waals surface area contributed by atoms with Crippen molar-refractivity contribution >= 4 is 34.6 Å². The van der Waals surface area contributed by atoms with Gasteiger partial charge in [-0.1, -0.05) is 30.0 Å². The lowest BCUT2D eigenvalue weighted by atomic mass is 10.1. The van der Waals surface area contributed by atoms with Crippen LogP contribution >= 0.6 is 11.8 Å². The molecule has 160 valence electrons. The number of fused-ring (bicyclic) bond motifs is 1. The number of aromatic nitrogens is 1. The van der Waals surface area contributed by atoms with E-state index >= 15 is 0 Å². The van der Waals surface area contributed by atoms with E-state index in [0.717, 1.165) is 22.2 Å². The molecule has 0 aliphatic heterocycles. The fourth-order valence-corrected chi connectivity index (χ4v) is 3.60. The normalized spacial score (nSPS) is 12.7. The van der Waals surface area contributed by atoms with E-state index < -0.39 is 24.1 Å². The molecule has 3 rings (SSSR count). The van der Waals surface area contributed by atoms with Gasteiger partial charge in [-0.3, -0.25) is 0 Å². The van der Waals surface area contributed by atoms with Crippen molar-refractivity contribution in [2.24, 2.45) is 5.73 Å². The molecule has 0 spiro atoms. The molecule has 0 aliphatic rings. The van der Waals surface area contributed by atoms with Crippen LogP contribution < -0.4 is 5.73 Å². The van der Waals surface area contributed by atoms with Crippen molar-refractivity contribution in [2.45, 2.75) is 28.4 Å². The van der Waals surface area contributed by atoms with Gasteiger partial charge in [0.1, 0.15) is 5.82 Å². The van der Waals surface area contributed by atoms with Crippen LogP contribution in [0.2, 0.25) is 0 Å². The van der Waals surface area contributed by atoms with Gasteiger partial charge in [-0.15, -0.1) is 0 Å². The van der Waals surface area contributed by atoms with E-state index in [1.54, 1.807) is 11.8 Å². The molecule has 0 fully saturated rings. The van der Waals surface area contributed by atoms with E-state index in [-0.39, 0.29) is 5.82 Å². The van der Waals surface area contributed by atoms with Crippen LogP contribution in [-0.4, -0.2) is 56.1 Å². The summed E-state index contributed by atoms with van der Waals surface area (Å²) in [6.07, 6.45) is -1.75. The van der Waals surface area contributed by atoms with Crippen molar-refractivity contribution in [3.05, 3.63) is 60.0 Å². The minimum Gasteiger partial charge on any atom is -0.479 e. The Hall–Kier alpha value is -2.92. The molecule has 8 nitrogen and oxygen atoms in total. The van der Waals surface area contributed by atoms with Crippen molar-refractivity contribution < 1.29 is 34.4 Å². The first kappa shape index (κ1) is 23.4. The molecule has 0 saturated carbocycles. The number of hydrogen-bond acceptors (Lipinski definition) is 6. The highest BCUT2D eigenvalue weighted by atomic mass is 32.2. The number of aliphatic hydroxyl groups excluding tert-OH is 2. The fraction of sp³-hybridized carbons (Fsp3) is 0.200. The molecule has 2 aromatic carbocycles. The summed E-state index contributed by atoms with van der Waals surface area (Å²) in [7, 11) is 0. The van der Waals surface area contributed by atoms with Crippen molar-refractivity contribution in [3.63, 3.8) is 0 Å². The van der Waals surface area contributed by atoms with Gasteiger partial charge in [0, 0.05) is 26.9 Å². The van der Waals surface area contributed by atoms with Gasteiger partial charge in [0.2, 0.25) is 0 Å². The van der Waals surface area contributed by atoms with Crippen LogP contribution in [0.3, 0.4) is 0 Å². The number of carbonyl (C=O) groups is 2. The summed E-state index contributed by atoms with van der Waals surface area (Å²) in [4.78, 5) is 25.0. The van der Waals surface area contributed by atoms with Gasteiger partial charge < -0.3 is 31.1 Å². The van der Waals surface area contributed by atoms with Crippen LogP contribution in [0, 0.1) is 5.82 Å². The predicted octanol–water partition coefficient (Wildman–Crippen LogP) is 1.84. The molecular formula is C20H21FN2O6S. The number of carboxylic acids is 2. The zero-order valence-electron chi connectivity index (χ0n) is 15.7. The molecule has 1 heterocycles. The molecule has 0 bridgehead atoms. The summed E-state index contributed by atoms with van der Waals surface area (Å²) in [6, 6.07) is 13.1. The SMILES string of the molecule is NCCc1ccccc1Sc1c[nH]c2cc(F)ccc12.O=C(O)C(O)C(O)C(=O)O. The minimum atomic E-state index is -2.27. The van der Waals surface area contributed by atoms with E-state index in [0.29, 0.717) is 6.54 Å². The number of halogens is 1. The second-order valence-corrected chi connectivity index (χ2v) is 7.24. The van der Waals surface area contributed by atoms with E-state index in [1.165, 1.54) is 22.6 Å². The molecule has 3 aromatic rings. The molecule has 2 unspecified atom stereocenters. The molecule has 0 amide bonds. The van der Waals surface area contributed by atoms with Crippen LogP contribution in [0.4, 0.5) is 4.39 Å². The Morgan fingerprint density at radius 2 is 1.67 bits per heavy atom. The molecule has 7 N–H and O–H groups in total. The smallest absolute Gasteiger partial charge is 0.335 e. The largest absolute Gasteiger partial charge is 0.479 e. The summed E-state index contributed by atoms with van der Waals surface area (Å²) in [5.41, 5.74) is 7.72. The third-order valence-electron chi connectivity index (χ3n) is 4.02. The number of nitrogens with two attached hydrogens (primary N) is 1. The molecule has 30 heavy (non-hydrogen) atoms. The van der Waals surface area contributed by atoms with Gasteiger partial charge in [0.05, 0.1) is 0 Å². The molecule has 0 radical (unpaired) electrons. The molecule has 0 saturated heterocycles. The monoisotopic (exact) mass is 436 g/mol. The highest BCUT2D eigenvalue weighted by Crippen LogP contribution is 2.35. The predicted molar refractivity (Wildman–Crippen MR) is 109 cm³/mol. The highest BCUT2D eigenvalue weighted by molar-refractivity contribution is 7.99. The number of carboxylic acid groups (broad SMARTS) is 2. The number of benzene rings is 2. The number of H-pyrrole nitrogens is 1. The van der Waals surface area contributed by atoms with Gasteiger partial charge in [0.25, 0.3) is 0 Å². The van der Waals surface area contributed by atoms with Crippen molar-refractivity contribution in [3.8, 4) is 0 Å². The number of nitrogens with one attached hydrogen (secondary N) is 1. The quantitative estimate of drug-likeness (QED) is 0.327. The Labute approximate surface area is 175 Å². The average molecular weight is 436 g/mol. The topological polar surface area (TPSA) is 157 Å². The second kappa shape index (κ2) is 10.7. The Kier molecular flexibility index (Phi) is 8.36. The summed E-state index contributed by atoms with van der Waals surface area (Å²) in [5, 5.41) is 33.6. The zero-order valence-corrected chi connectivity index (χ0v) is 16.5. The molecular weight excluding hydrogens is 415 g/mol. The van der Waals surface area contributed by atoms with Crippen molar-refractivity contribution in [1.29, 1.82) is 0 Å². The second-order valence-electron chi connectivity index (χ2n) is 6.16. The maximum Gasteiger partial charge on any atom is 0.335 e. The fourth-order valence-electron chi connectivity index (χ4n) is 2.51. The Morgan fingerprint density at radius 3 is 2.27 bits per heavy atom. The summed E-state index contributed by atoms with van der Waals surface area (Å²) < 4.78 is 13.2. The number of aromatic amines is 1.